The number of carbonyl (C=O) groups excluding carboxylic acids is 1. The molecule has 0 N–H and O–H groups in total. The molecule has 0 saturated carbocycles. The summed E-state index contributed by atoms with van der Waals surface area (Å²) in [6.07, 6.45) is 2.62. The average molecular weight is 259 g/mol. The molecule has 6 nitrogen and oxygen atoms in total. The Morgan fingerprint density at radius 2 is 2.44 bits per heavy atom. The molecule has 0 fully saturated rings. The van der Waals surface area contributed by atoms with Crippen molar-refractivity contribution >= 4 is 17.2 Å². The first-order valence-electron chi connectivity index (χ1n) is 5.25. The Morgan fingerprint density at radius 1 is 1.61 bits per heavy atom. The van der Waals surface area contributed by atoms with Crippen LogP contribution in [0.4, 0.5) is 0 Å². The quantitative estimate of drug-likeness (QED) is 0.481. The Labute approximate surface area is 107 Å². The summed E-state index contributed by atoms with van der Waals surface area (Å²) in [6.45, 7) is 2.05. The summed E-state index contributed by atoms with van der Waals surface area (Å²) in [7, 11) is 0. The predicted molar refractivity (Wildman–Crippen MR) is 68.2 cm³/mol. The molecular formula is C11H9N5OS. The summed E-state index contributed by atoms with van der Waals surface area (Å²) in [4.78, 5) is 22.1. The molecule has 0 aliphatic carbocycles. The highest BCUT2D eigenvalue weighted by Crippen LogP contribution is 2.23. The third kappa shape index (κ3) is 2.53. The van der Waals surface area contributed by atoms with Gasteiger partial charge in [0.15, 0.2) is 0 Å². The fraction of sp³-hybridized carbons (Fsp3) is 0.182. The molecule has 0 atom stereocenters. The standard InChI is InChI=1S/C11H9N5OS/c1-2-7-3-4-13-8(5-7)11-14-9(6-18-11)10(17)15-16-12/h3-6H,2H2,1H3. The Kier molecular flexibility index (Phi) is 3.66. The molecule has 1 amide bonds. The zero-order valence-corrected chi connectivity index (χ0v) is 10.4. The minimum atomic E-state index is -0.674. The number of hydrogen-bond acceptors (Lipinski definition) is 4. The largest absolute Gasteiger partial charge is 0.285 e. The number of nitrogens with zero attached hydrogens (tertiary/aromatic N) is 5. The van der Waals surface area contributed by atoms with E-state index >= 15 is 0 Å². The number of thiazole rings is 1. The van der Waals surface area contributed by atoms with Crippen molar-refractivity contribution in [2.24, 2.45) is 5.11 Å². The Morgan fingerprint density at radius 3 is 3.17 bits per heavy atom. The SMILES string of the molecule is CCc1ccnc(-c2nc(C(=O)N=[N+]=[N-])cs2)c1. The fourth-order valence-electron chi connectivity index (χ4n) is 1.39. The van der Waals surface area contributed by atoms with Crippen LogP contribution in [0.5, 0.6) is 0 Å². The van der Waals surface area contributed by atoms with E-state index in [1.165, 1.54) is 11.3 Å². The summed E-state index contributed by atoms with van der Waals surface area (Å²) in [5.74, 6) is -0.674. The molecule has 0 aromatic carbocycles. The number of azide groups is 1. The van der Waals surface area contributed by atoms with Gasteiger partial charge in [0.1, 0.15) is 10.7 Å². The minimum Gasteiger partial charge on any atom is -0.285 e. The van der Waals surface area contributed by atoms with E-state index in [0.717, 1.165) is 17.7 Å². The van der Waals surface area contributed by atoms with Crippen molar-refractivity contribution in [1.82, 2.24) is 9.97 Å². The van der Waals surface area contributed by atoms with E-state index in [2.05, 4.69) is 26.9 Å². The second-order valence-corrected chi connectivity index (χ2v) is 4.29. The number of aryl methyl sites for hydroxylation is 1. The maximum absolute atomic E-state index is 11.3. The van der Waals surface area contributed by atoms with E-state index in [4.69, 9.17) is 5.53 Å². The first-order valence-corrected chi connectivity index (χ1v) is 6.12. The van der Waals surface area contributed by atoms with Crippen LogP contribution >= 0.6 is 11.3 Å². The fourth-order valence-corrected chi connectivity index (χ4v) is 2.15. The van der Waals surface area contributed by atoms with Crippen molar-refractivity contribution in [3.63, 3.8) is 0 Å². The van der Waals surface area contributed by atoms with E-state index < -0.39 is 5.91 Å². The highest BCUT2D eigenvalue weighted by Gasteiger charge is 2.11. The van der Waals surface area contributed by atoms with Crippen LogP contribution < -0.4 is 0 Å². The van der Waals surface area contributed by atoms with E-state index in [1.54, 1.807) is 11.6 Å². The van der Waals surface area contributed by atoms with Gasteiger partial charge in [-0.15, -0.1) is 11.3 Å². The van der Waals surface area contributed by atoms with Crippen molar-refractivity contribution in [3.05, 3.63) is 45.4 Å². The van der Waals surface area contributed by atoms with Gasteiger partial charge < -0.3 is 0 Å². The molecule has 0 saturated heterocycles. The maximum atomic E-state index is 11.3. The average Bonchev–Trinajstić information content (AvgIpc) is 2.89. The monoisotopic (exact) mass is 259 g/mol. The van der Waals surface area contributed by atoms with Crippen LogP contribution in [-0.2, 0) is 6.42 Å². The van der Waals surface area contributed by atoms with Gasteiger partial charge in [-0.2, -0.15) is 0 Å². The van der Waals surface area contributed by atoms with Gasteiger partial charge in [-0.05, 0) is 34.8 Å². The summed E-state index contributed by atoms with van der Waals surface area (Å²) in [6, 6.07) is 3.86. The lowest BCUT2D eigenvalue weighted by Crippen LogP contribution is -1.93. The summed E-state index contributed by atoms with van der Waals surface area (Å²) < 4.78 is 0. The summed E-state index contributed by atoms with van der Waals surface area (Å²) in [5.41, 5.74) is 10.2. The highest BCUT2D eigenvalue weighted by molar-refractivity contribution is 7.13. The molecule has 0 aliphatic rings. The normalized spacial score (nSPS) is 9.83. The summed E-state index contributed by atoms with van der Waals surface area (Å²) in [5, 5.41) is 5.20. The van der Waals surface area contributed by atoms with Crippen LogP contribution in [0.2, 0.25) is 0 Å². The zero-order chi connectivity index (χ0) is 13.0. The Hall–Kier alpha value is -2.24. The van der Waals surface area contributed by atoms with E-state index in [9.17, 15) is 4.79 Å². The molecule has 7 heteroatoms. The molecule has 0 aliphatic heterocycles. The molecule has 2 aromatic heterocycles. The van der Waals surface area contributed by atoms with Crippen molar-refractivity contribution in [2.45, 2.75) is 13.3 Å². The number of hydrogen-bond donors (Lipinski definition) is 0. The maximum Gasteiger partial charge on any atom is 0.268 e. The van der Waals surface area contributed by atoms with Gasteiger partial charge in [0.2, 0.25) is 0 Å². The number of rotatable bonds is 3. The molecule has 0 radical (unpaired) electrons. The second kappa shape index (κ2) is 5.39. The molecule has 2 rings (SSSR count). The molecule has 0 unspecified atom stereocenters. The lowest BCUT2D eigenvalue weighted by molar-refractivity contribution is 0.0996. The van der Waals surface area contributed by atoms with Crippen LogP contribution in [-0.4, -0.2) is 15.9 Å². The molecule has 0 spiro atoms. The lowest BCUT2D eigenvalue weighted by Gasteiger charge is -1.98. The third-order valence-corrected chi connectivity index (χ3v) is 3.18. The van der Waals surface area contributed by atoms with Gasteiger partial charge in [0, 0.05) is 16.5 Å². The van der Waals surface area contributed by atoms with Crippen molar-refractivity contribution in [1.29, 1.82) is 0 Å². The number of amides is 1. The van der Waals surface area contributed by atoms with Crippen LogP contribution in [0.25, 0.3) is 21.1 Å². The predicted octanol–water partition coefficient (Wildman–Crippen LogP) is 3.22. The van der Waals surface area contributed by atoms with Crippen molar-refractivity contribution in [2.75, 3.05) is 0 Å². The number of aromatic nitrogens is 2. The third-order valence-electron chi connectivity index (χ3n) is 2.31. The molecule has 0 bridgehead atoms. The summed E-state index contributed by atoms with van der Waals surface area (Å²) >= 11 is 1.30. The van der Waals surface area contributed by atoms with Crippen molar-refractivity contribution < 1.29 is 4.79 Å². The smallest absolute Gasteiger partial charge is 0.268 e. The van der Waals surface area contributed by atoms with Crippen LogP contribution in [0.3, 0.4) is 0 Å². The molecular weight excluding hydrogens is 250 g/mol. The van der Waals surface area contributed by atoms with Gasteiger partial charge in [0.05, 0.1) is 5.69 Å². The first-order chi connectivity index (χ1) is 8.74. The van der Waals surface area contributed by atoms with E-state index in [0.29, 0.717) is 5.01 Å². The van der Waals surface area contributed by atoms with Gasteiger partial charge in [-0.3, -0.25) is 9.78 Å². The van der Waals surface area contributed by atoms with Gasteiger partial charge in [0.25, 0.3) is 5.91 Å². The topological polar surface area (TPSA) is 91.6 Å². The van der Waals surface area contributed by atoms with E-state index in [-0.39, 0.29) is 5.69 Å². The van der Waals surface area contributed by atoms with E-state index in [1.807, 2.05) is 12.1 Å². The second-order valence-electron chi connectivity index (χ2n) is 3.44. The molecule has 2 heterocycles. The number of carbonyl (C=O) groups is 1. The lowest BCUT2D eigenvalue weighted by atomic mass is 10.2. The first kappa shape index (κ1) is 12.2. The van der Waals surface area contributed by atoms with Crippen LogP contribution in [0.15, 0.2) is 28.8 Å². The van der Waals surface area contributed by atoms with Crippen molar-refractivity contribution in [3.8, 4) is 10.7 Å². The minimum absolute atomic E-state index is 0.150. The van der Waals surface area contributed by atoms with Gasteiger partial charge in [-0.25, -0.2) is 4.98 Å². The molecule has 2 aromatic rings. The Bertz CT molecular complexity index is 630. The van der Waals surface area contributed by atoms with Gasteiger partial charge in [-0.1, -0.05) is 6.92 Å². The molecule has 90 valence electrons. The Balaban J connectivity index is 2.34. The van der Waals surface area contributed by atoms with Gasteiger partial charge >= 0.3 is 0 Å². The molecule has 18 heavy (non-hydrogen) atoms. The number of pyridine rings is 1. The highest BCUT2D eigenvalue weighted by atomic mass is 32.1. The zero-order valence-electron chi connectivity index (χ0n) is 9.57. The van der Waals surface area contributed by atoms with Crippen LogP contribution in [0.1, 0.15) is 23.0 Å². The van der Waals surface area contributed by atoms with Crippen LogP contribution in [0, 0.1) is 0 Å².